The number of ketones is 1. The maximum atomic E-state index is 11.2. The summed E-state index contributed by atoms with van der Waals surface area (Å²) in [4.78, 5) is 11.2. The molecule has 12 heavy (non-hydrogen) atoms. The number of epoxide rings is 1. The number of ether oxygens (including phenoxy) is 2. The van der Waals surface area contributed by atoms with E-state index in [1.54, 1.807) is 0 Å². The zero-order valence-corrected chi connectivity index (χ0v) is 7.45. The highest BCUT2D eigenvalue weighted by atomic mass is 16.6. The topological polar surface area (TPSA) is 38.8 Å². The van der Waals surface area contributed by atoms with Crippen LogP contribution in [-0.2, 0) is 14.3 Å². The molecule has 0 N–H and O–H groups in total. The molecular weight excluding hydrogens is 156 g/mol. The highest BCUT2D eigenvalue weighted by molar-refractivity contribution is 5.89. The Balaban J connectivity index is 1.93. The minimum atomic E-state index is -0.0714. The van der Waals surface area contributed by atoms with Crippen molar-refractivity contribution in [2.75, 3.05) is 6.61 Å². The summed E-state index contributed by atoms with van der Waals surface area (Å²) in [6.45, 7) is 4.70. The van der Waals surface area contributed by atoms with Crippen LogP contribution in [0.4, 0.5) is 0 Å². The summed E-state index contributed by atoms with van der Waals surface area (Å²) < 4.78 is 10.7. The minimum absolute atomic E-state index is 0.0714. The maximum absolute atomic E-state index is 11.2. The van der Waals surface area contributed by atoms with Gasteiger partial charge in [0, 0.05) is 18.9 Å². The van der Waals surface area contributed by atoms with Gasteiger partial charge < -0.3 is 9.47 Å². The second kappa shape index (κ2) is 2.82. The zero-order valence-electron chi connectivity index (χ0n) is 7.45. The van der Waals surface area contributed by atoms with E-state index in [1.807, 2.05) is 13.8 Å². The van der Waals surface area contributed by atoms with Crippen LogP contribution in [0.25, 0.3) is 0 Å². The Morgan fingerprint density at radius 2 is 2.50 bits per heavy atom. The normalized spacial score (nSPS) is 41.2. The van der Waals surface area contributed by atoms with Gasteiger partial charge in [-0.3, -0.25) is 4.79 Å². The number of carbonyl (C=O) groups excluding carboxylic acids is 1. The van der Waals surface area contributed by atoms with Crippen LogP contribution in [0.1, 0.15) is 20.3 Å². The van der Waals surface area contributed by atoms with Gasteiger partial charge in [-0.2, -0.15) is 0 Å². The van der Waals surface area contributed by atoms with Gasteiger partial charge in [0.2, 0.25) is 0 Å². The van der Waals surface area contributed by atoms with Crippen molar-refractivity contribution < 1.29 is 14.3 Å². The summed E-state index contributed by atoms with van der Waals surface area (Å²) in [5.74, 6) is 0.569. The molecule has 0 aromatic carbocycles. The molecule has 0 bridgehead atoms. The maximum Gasteiger partial charge on any atom is 0.164 e. The van der Waals surface area contributed by atoms with Gasteiger partial charge in [0.15, 0.2) is 5.78 Å². The first-order chi connectivity index (χ1) is 5.74. The van der Waals surface area contributed by atoms with Crippen molar-refractivity contribution in [3.05, 3.63) is 0 Å². The van der Waals surface area contributed by atoms with E-state index >= 15 is 0 Å². The molecule has 1 aliphatic carbocycles. The molecule has 3 nitrogen and oxygen atoms in total. The SMILES string of the molecule is CCOC(C)C1CC(=O)C2OC21. The summed E-state index contributed by atoms with van der Waals surface area (Å²) >= 11 is 0. The number of hydrogen-bond donors (Lipinski definition) is 0. The predicted octanol–water partition coefficient (Wildman–Crippen LogP) is 0.768. The Bertz CT molecular complexity index is 202. The first-order valence-electron chi connectivity index (χ1n) is 4.53. The van der Waals surface area contributed by atoms with Crippen molar-refractivity contribution in [3.63, 3.8) is 0 Å². The van der Waals surface area contributed by atoms with Crippen molar-refractivity contribution >= 4 is 5.78 Å². The van der Waals surface area contributed by atoms with E-state index < -0.39 is 0 Å². The molecule has 0 spiro atoms. The number of rotatable bonds is 3. The molecule has 68 valence electrons. The van der Waals surface area contributed by atoms with E-state index in [0.29, 0.717) is 18.9 Å². The highest BCUT2D eigenvalue weighted by Gasteiger charge is 2.57. The lowest BCUT2D eigenvalue weighted by Crippen LogP contribution is -2.23. The number of Topliss-reactive ketones (excluding diaryl/α,β-unsaturated/α-hetero) is 1. The Kier molecular flexibility index (Phi) is 1.93. The van der Waals surface area contributed by atoms with Crippen molar-refractivity contribution in [1.29, 1.82) is 0 Å². The Morgan fingerprint density at radius 3 is 2.92 bits per heavy atom. The van der Waals surface area contributed by atoms with E-state index in [9.17, 15) is 4.79 Å². The van der Waals surface area contributed by atoms with Crippen LogP contribution in [0.15, 0.2) is 0 Å². The van der Waals surface area contributed by atoms with Gasteiger partial charge >= 0.3 is 0 Å². The molecule has 1 heterocycles. The fourth-order valence-electron chi connectivity index (χ4n) is 1.99. The van der Waals surface area contributed by atoms with E-state index in [1.165, 1.54) is 0 Å². The third-order valence-corrected chi connectivity index (χ3v) is 2.73. The molecule has 2 aliphatic rings. The van der Waals surface area contributed by atoms with Crippen LogP contribution in [-0.4, -0.2) is 30.7 Å². The Morgan fingerprint density at radius 1 is 1.75 bits per heavy atom. The van der Waals surface area contributed by atoms with Crippen molar-refractivity contribution in [1.82, 2.24) is 0 Å². The van der Waals surface area contributed by atoms with Crippen LogP contribution >= 0.6 is 0 Å². The second-order valence-electron chi connectivity index (χ2n) is 3.52. The fraction of sp³-hybridized carbons (Fsp3) is 0.889. The largest absolute Gasteiger partial charge is 0.378 e. The lowest BCUT2D eigenvalue weighted by Gasteiger charge is -2.18. The molecule has 0 aromatic heterocycles. The smallest absolute Gasteiger partial charge is 0.164 e. The number of hydrogen-bond acceptors (Lipinski definition) is 3. The lowest BCUT2D eigenvalue weighted by atomic mass is 10.0. The molecule has 0 amide bonds. The fourth-order valence-corrected chi connectivity index (χ4v) is 1.99. The molecule has 4 unspecified atom stereocenters. The highest BCUT2D eigenvalue weighted by Crippen LogP contribution is 2.42. The van der Waals surface area contributed by atoms with E-state index in [0.717, 1.165) is 0 Å². The minimum Gasteiger partial charge on any atom is -0.378 e. The van der Waals surface area contributed by atoms with E-state index in [-0.39, 0.29) is 24.1 Å². The van der Waals surface area contributed by atoms with Crippen LogP contribution < -0.4 is 0 Å². The molecule has 1 saturated carbocycles. The Hall–Kier alpha value is -0.410. The summed E-state index contributed by atoms with van der Waals surface area (Å²) in [6.07, 6.45) is 0.921. The van der Waals surface area contributed by atoms with Crippen LogP contribution in [0, 0.1) is 5.92 Å². The molecular formula is C9H14O3. The van der Waals surface area contributed by atoms with Crippen molar-refractivity contribution in [2.45, 2.75) is 38.6 Å². The summed E-state index contributed by atoms with van der Waals surface area (Å²) in [6, 6.07) is 0. The first-order valence-corrected chi connectivity index (χ1v) is 4.53. The molecule has 4 atom stereocenters. The second-order valence-corrected chi connectivity index (χ2v) is 3.52. The average molecular weight is 170 g/mol. The number of fused-ring (bicyclic) bond motifs is 1. The zero-order chi connectivity index (χ0) is 8.72. The first kappa shape index (κ1) is 8.20. The van der Waals surface area contributed by atoms with Crippen molar-refractivity contribution in [2.24, 2.45) is 5.92 Å². The van der Waals surface area contributed by atoms with Crippen molar-refractivity contribution in [3.8, 4) is 0 Å². The third kappa shape index (κ3) is 1.17. The van der Waals surface area contributed by atoms with Crippen LogP contribution in [0.5, 0.6) is 0 Å². The molecule has 0 aromatic rings. The molecule has 2 rings (SSSR count). The van der Waals surface area contributed by atoms with Gasteiger partial charge in [-0.15, -0.1) is 0 Å². The van der Waals surface area contributed by atoms with Crippen LogP contribution in [0.3, 0.4) is 0 Å². The summed E-state index contributed by atoms with van der Waals surface area (Å²) in [5, 5.41) is 0. The van der Waals surface area contributed by atoms with Crippen LogP contribution in [0.2, 0.25) is 0 Å². The standard InChI is InChI=1S/C9H14O3/c1-3-11-5(2)6-4-7(10)9-8(6)12-9/h5-6,8-9H,3-4H2,1-2H3. The van der Waals surface area contributed by atoms with Gasteiger partial charge in [0.25, 0.3) is 0 Å². The molecule has 1 aliphatic heterocycles. The monoisotopic (exact) mass is 170 g/mol. The van der Waals surface area contributed by atoms with Gasteiger partial charge in [0.1, 0.15) is 6.10 Å². The van der Waals surface area contributed by atoms with E-state index in [2.05, 4.69) is 0 Å². The molecule has 1 saturated heterocycles. The predicted molar refractivity (Wildman–Crippen MR) is 42.9 cm³/mol. The summed E-state index contributed by atoms with van der Waals surface area (Å²) in [7, 11) is 0. The Labute approximate surface area is 72.0 Å². The number of carbonyl (C=O) groups is 1. The average Bonchev–Trinajstić information content (AvgIpc) is 2.74. The molecule has 2 fully saturated rings. The molecule has 3 heteroatoms. The van der Waals surface area contributed by atoms with Gasteiger partial charge in [-0.05, 0) is 13.8 Å². The lowest BCUT2D eigenvalue weighted by molar-refractivity contribution is -0.121. The summed E-state index contributed by atoms with van der Waals surface area (Å²) in [5.41, 5.74) is 0. The quantitative estimate of drug-likeness (QED) is 0.587. The van der Waals surface area contributed by atoms with Gasteiger partial charge in [0.05, 0.1) is 12.2 Å². The van der Waals surface area contributed by atoms with Gasteiger partial charge in [-0.25, -0.2) is 0 Å². The third-order valence-electron chi connectivity index (χ3n) is 2.73. The molecule has 0 radical (unpaired) electrons. The van der Waals surface area contributed by atoms with E-state index in [4.69, 9.17) is 9.47 Å². The van der Waals surface area contributed by atoms with Gasteiger partial charge in [-0.1, -0.05) is 0 Å².